The smallest absolute Gasteiger partial charge is 0.135 e. The van der Waals surface area contributed by atoms with Gasteiger partial charge < -0.3 is 19.1 Å². The van der Waals surface area contributed by atoms with Gasteiger partial charge in [-0.3, -0.25) is 4.98 Å². The Bertz CT molecular complexity index is 2790. The van der Waals surface area contributed by atoms with Crippen LogP contribution in [-0.2, 0) is 31.9 Å². The SMILES string of the molecule is Cc1cc(C(C)(C)C)cc(C)c1-c1ccc(N2[CH-]N(c3[c-]c(Oc4[c-]c5c(cc4)c4ccccc4n5-c4cc(C(C)(C)C)ccn4)ccc3)c3ccncc32)nc1.[Pt]. The summed E-state index contributed by atoms with van der Waals surface area (Å²) in [6.07, 6.45) is 7.54. The Balaban J connectivity index is 0.00000469. The molecule has 9 rings (SSSR count). The van der Waals surface area contributed by atoms with Crippen LogP contribution in [0.2, 0.25) is 0 Å². The Morgan fingerprint density at radius 2 is 1.38 bits per heavy atom. The van der Waals surface area contributed by atoms with Gasteiger partial charge >= 0.3 is 0 Å². The van der Waals surface area contributed by atoms with Gasteiger partial charge in [0.15, 0.2) is 0 Å². The molecule has 0 amide bonds. The molecule has 0 spiro atoms. The zero-order chi connectivity index (χ0) is 39.6. The van der Waals surface area contributed by atoms with Crippen molar-refractivity contribution >= 4 is 44.7 Å². The van der Waals surface area contributed by atoms with Gasteiger partial charge in [0.1, 0.15) is 11.6 Å². The third-order valence-electron chi connectivity index (χ3n) is 10.8. The molecule has 8 aromatic rings. The summed E-state index contributed by atoms with van der Waals surface area (Å²) in [4.78, 5) is 18.4. The van der Waals surface area contributed by atoms with Crippen molar-refractivity contribution in [1.29, 1.82) is 0 Å². The van der Waals surface area contributed by atoms with Crippen molar-refractivity contribution in [2.24, 2.45) is 0 Å². The first-order valence-electron chi connectivity index (χ1n) is 19.4. The quantitative estimate of drug-likeness (QED) is 0.155. The maximum atomic E-state index is 6.53. The van der Waals surface area contributed by atoms with Crippen molar-refractivity contribution in [2.75, 3.05) is 9.80 Å². The Labute approximate surface area is 355 Å². The molecule has 0 saturated carbocycles. The summed E-state index contributed by atoms with van der Waals surface area (Å²) < 4.78 is 8.71. The van der Waals surface area contributed by atoms with Gasteiger partial charge in [0.25, 0.3) is 0 Å². The Morgan fingerprint density at radius 3 is 2.12 bits per heavy atom. The molecule has 7 nitrogen and oxygen atoms in total. The predicted molar refractivity (Wildman–Crippen MR) is 232 cm³/mol. The van der Waals surface area contributed by atoms with E-state index in [-0.39, 0.29) is 31.9 Å². The Hall–Kier alpha value is -5.78. The van der Waals surface area contributed by atoms with E-state index in [2.05, 4.69) is 154 Å². The van der Waals surface area contributed by atoms with E-state index in [0.717, 1.165) is 56.1 Å². The topological polar surface area (TPSA) is 59.3 Å². The second-order valence-corrected chi connectivity index (χ2v) is 17.0. The summed E-state index contributed by atoms with van der Waals surface area (Å²) in [6.45, 7) is 19.8. The van der Waals surface area contributed by atoms with Crippen molar-refractivity contribution in [3.8, 4) is 28.4 Å². The molecule has 5 heterocycles. The van der Waals surface area contributed by atoms with E-state index in [4.69, 9.17) is 14.7 Å². The van der Waals surface area contributed by atoms with Gasteiger partial charge in [-0.15, -0.1) is 48.1 Å². The number of ether oxygens (including phenoxy) is 1. The average molecular weight is 941 g/mol. The van der Waals surface area contributed by atoms with Crippen LogP contribution in [0.25, 0.3) is 38.8 Å². The fraction of sp³-hybridized carbons (Fsp3) is 0.200. The first kappa shape index (κ1) is 39.1. The third-order valence-corrected chi connectivity index (χ3v) is 10.8. The van der Waals surface area contributed by atoms with E-state index in [9.17, 15) is 0 Å². The zero-order valence-electron chi connectivity index (χ0n) is 34.0. The number of hydrogen-bond donors (Lipinski definition) is 0. The number of fused-ring (bicyclic) bond motifs is 4. The number of hydrogen-bond acceptors (Lipinski definition) is 6. The van der Waals surface area contributed by atoms with E-state index in [1.807, 2.05) is 61.8 Å². The van der Waals surface area contributed by atoms with Gasteiger partial charge in [0.2, 0.25) is 0 Å². The van der Waals surface area contributed by atoms with Crippen LogP contribution >= 0.6 is 0 Å². The predicted octanol–water partition coefficient (Wildman–Crippen LogP) is 12.6. The minimum atomic E-state index is -0.0188. The van der Waals surface area contributed by atoms with Gasteiger partial charge in [-0.05, 0) is 94.3 Å². The monoisotopic (exact) mass is 940 g/mol. The first-order valence-corrected chi connectivity index (χ1v) is 19.4. The van der Waals surface area contributed by atoms with Crippen molar-refractivity contribution in [3.63, 3.8) is 0 Å². The van der Waals surface area contributed by atoms with Crippen LogP contribution in [0.3, 0.4) is 0 Å². The summed E-state index contributed by atoms with van der Waals surface area (Å²) in [5, 5.41) is 2.22. The number of pyridine rings is 3. The molecular formula is C50H45N6OPt-3. The minimum Gasteiger partial charge on any atom is -0.509 e. The third kappa shape index (κ3) is 7.07. The van der Waals surface area contributed by atoms with Crippen LogP contribution in [0, 0.1) is 32.6 Å². The average Bonchev–Trinajstić information content (AvgIpc) is 3.74. The standard InChI is InChI=1S/C50H45N6O.Pt/c1-32-24-36(50(6,7)8)25-33(2)48(32)34-16-19-46(53-29-34)55-31-54(43-21-22-51-30-45(43)55)37-12-11-13-38(27-37)57-39-17-18-41-40-14-9-10-15-42(40)56(44(41)28-39)47-26-35(20-23-52-47)49(3,4)5;/h9-26,29-31H,1-8H3;/q-3;. The van der Waals surface area contributed by atoms with Gasteiger partial charge in [0, 0.05) is 67.9 Å². The molecular weight excluding hydrogens is 896 g/mol. The molecule has 0 aliphatic carbocycles. The van der Waals surface area contributed by atoms with Gasteiger partial charge in [-0.25, -0.2) is 9.97 Å². The Kier molecular flexibility index (Phi) is 10.0. The molecule has 0 N–H and O–H groups in total. The van der Waals surface area contributed by atoms with Gasteiger partial charge in [-0.2, -0.15) is 12.1 Å². The molecule has 4 aromatic carbocycles. The van der Waals surface area contributed by atoms with E-state index < -0.39 is 0 Å². The van der Waals surface area contributed by atoms with Crippen LogP contribution in [0.1, 0.15) is 63.8 Å². The van der Waals surface area contributed by atoms with Crippen LogP contribution in [0.5, 0.6) is 11.5 Å². The van der Waals surface area contributed by atoms with E-state index >= 15 is 0 Å². The number of para-hydroxylation sites is 1. The van der Waals surface area contributed by atoms with Crippen LogP contribution < -0.4 is 14.5 Å². The summed E-state index contributed by atoms with van der Waals surface area (Å²) in [6, 6.07) is 40.6. The summed E-state index contributed by atoms with van der Waals surface area (Å²) >= 11 is 0. The molecule has 0 unspecified atom stereocenters. The molecule has 1 aliphatic heterocycles. The fourth-order valence-corrected chi connectivity index (χ4v) is 7.84. The second kappa shape index (κ2) is 14.9. The van der Waals surface area contributed by atoms with Crippen molar-refractivity contribution < 1.29 is 25.8 Å². The molecule has 0 atom stereocenters. The van der Waals surface area contributed by atoms with Crippen molar-refractivity contribution in [2.45, 2.75) is 66.2 Å². The summed E-state index contributed by atoms with van der Waals surface area (Å²) in [5.74, 6) is 2.81. The van der Waals surface area contributed by atoms with E-state index in [1.165, 1.54) is 27.8 Å². The molecule has 0 fully saturated rings. The van der Waals surface area contributed by atoms with Gasteiger partial charge in [-0.1, -0.05) is 77.4 Å². The number of anilines is 4. The Morgan fingerprint density at radius 1 is 0.621 bits per heavy atom. The van der Waals surface area contributed by atoms with Crippen LogP contribution in [0.15, 0.2) is 122 Å². The van der Waals surface area contributed by atoms with Gasteiger partial charge in [0.05, 0.1) is 11.9 Å². The number of aromatic nitrogens is 4. The van der Waals surface area contributed by atoms with E-state index in [0.29, 0.717) is 11.5 Å². The first-order chi connectivity index (χ1) is 27.3. The molecule has 4 aromatic heterocycles. The van der Waals surface area contributed by atoms with Crippen LogP contribution in [-0.4, -0.2) is 19.5 Å². The summed E-state index contributed by atoms with van der Waals surface area (Å²) in [7, 11) is 0. The fourth-order valence-electron chi connectivity index (χ4n) is 7.84. The largest absolute Gasteiger partial charge is 0.509 e. The second-order valence-electron chi connectivity index (χ2n) is 17.0. The number of nitrogens with zero attached hydrogens (tertiary/aromatic N) is 6. The minimum absolute atomic E-state index is 0. The zero-order valence-corrected chi connectivity index (χ0v) is 36.3. The number of rotatable bonds is 6. The molecule has 1 aliphatic rings. The number of aryl methyl sites for hydroxylation is 2. The normalized spacial score (nSPS) is 12.9. The molecule has 0 radical (unpaired) electrons. The van der Waals surface area contributed by atoms with Crippen molar-refractivity contribution in [1.82, 2.24) is 19.5 Å². The molecule has 294 valence electrons. The summed E-state index contributed by atoms with van der Waals surface area (Å²) in [5.41, 5.74) is 12.1. The maximum Gasteiger partial charge on any atom is 0.135 e. The van der Waals surface area contributed by atoms with E-state index in [1.54, 1.807) is 0 Å². The van der Waals surface area contributed by atoms with Crippen LogP contribution in [0.4, 0.5) is 22.9 Å². The molecule has 0 saturated heterocycles. The maximum absolute atomic E-state index is 6.53. The molecule has 8 heteroatoms. The molecule has 0 bridgehead atoms. The number of benzene rings is 4. The molecule has 58 heavy (non-hydrogen) atoms. The van der Waals surface area contributed by atoms with Crippen molar-refractivity contribution in [3.05, 3.63) is 163 Å².